The first-order valence-electron chi connectivity index (χ1n) is 10.4. The summed E-state index contributed by atoms with van der Waals surface area (Å²) in [5, 5.41) is 10.7. The normalized spacial score (nSPS) is 11.7. The molecule has 0 amide bonds. The molecule has 0 radical (unpaired) electrons. The van der Waals surface area contributed by atoms with Gasteiger partial charge in [-0.05, 0) is 36.6 Å². The molecule has 176 valence electrons. The molecule has 2 aromatic carbocycles. The average molecular weight is 484 g/mol. The van der Waals surface area contributed by atoms with Crippen LogP contribution in [0, 0.1) is 10.1 Å². The third kappa shape index (κ3) is 4.53. The summed E-state index contributed by atoms with van der Waals surface area (Å²) >= 11 is 0. The van der Waals surface area contributed by atoms with Crippen LogP contribution in [0.2, 0.25) is 0 Å². The Balaban J connectivity index is 1.49. The van der Waals surface area contributed by atoms with Gasteiger partial charge in [0.15, 0.2) is 21.0 Å². The lowest BCUT2D eigenvalue weighted by atomic mass is 10.1. The van der Waals surface area contributed by atoms with Crippen LogP contribution in [-0.4, -0.2) is 38.2 Å². The predicted molar refractivity (Wildman–Crippen MR) is 125 cm³/mol. The summed E-state index contributed by atoms with van der Waals surface area (Å²) in [6.07, 6.45) is 1.77. The molecule has 0 bridgehead atoms. The number of hydrogen-bond donors (Lipinski definition) is 1. The van der Waals surface area contributed by atoms with Crippen LogP contribution in [0.25, 0.3) is 11.2 Å². The fourth-order valence-electron chi connectivity index (χ4n) is 3.65. The number of nitrogens with one attached hydrogen (secondary N) is 1. The molecule has 0 aliphatic rings. The molecule has 0 aliphatic carbocycles. The number of nitrogens with zero attached hydrogens (tertiary/aromatic N) is 4. The first-order chi connectivity index (χ1) is 16.2. The van der Waals surface area contributed by atoms with Crippen molar-refractivity contribution < 1.29 is 13.3 Å². The number of fused-ring (bicyclic) bond motifs is 1. The number of aryl methyl sites for hydroxylation is 2. The van der Waals surface area contributed by atoms with E-state index in [-0.39, 0.29) is 29.3 Å². The summed E-state index contributed by atoms with van der Waals surface area (Å²) in [6, 6.07) is 11.9. The smallest absolute Gasteiger partial charge is 0.325 e. The molecule has 0 fully saturated rings. The Morgan fingerprint density at radius 3 is 2.29 bits per heavy atom. The summed E-state index contributed by atoms with van der Waals surface area (Å²) in [5.41, 5.74) is 0.975. The molecule has 0 saturated carbocycles. The van der Waals surface area contributed by atoms with Gasteiger partial charge in [-0.15, -0.1) is 0 Å². The van der Waals surface area contributed by atoms with E-state index in [1.165, 1.54) is 35.2 Å². The maximum atomic E-state index is 12.6. The molecule has 12 heteroatoms. The Morgan fingerprint density at radius 2 is 1.68 bits per heavy atom. The molecule has 2 heterocycles. The van der Waals surface area contributed by atoms with Crippen molar-refractivity contribution in [3.8, 4) is 0 Å². The van der Waals surface area contributed by atoms with Gasteiger partial charge in [0.05, 0.1) is 28.4 Å². The predicted octanol–water partition coefficient (Wildman–Crippen LogP) is 1.88. The Kier molecular flexibility index (Phi) is 6.16. The number of nitro groups is 1. The summed E-state index contributed by atoms with van der Waals surface area (Å²) in [4.78, 5) is 41.3. The van der Waals surface area contributed by atoms with Crippen LogP contribution in [0.4, 0.5) is 5.69 Å². The molecule has 0 aliphatic heterocycles. The summed E-state index contributed by atoms with van der Waals surface area (Å²) in [7, 11) is -3.61. The molecule has 4 rings (SSSR count). The van der Waals surface area contributed by atoms with Crippen molar-refractivity contribution in [1.82, 2.24) is 19.1 Å². The molecule has 0 spiro atoms. The van der Waals surface area contributed by atoms with Gasteiger partial charge in [-0.2, -0.15) is 0 Å². The van der Waals surface area contributed by atoms with Crippen LogP contribution in [-0.2, 0) is 29.3 Å². The average Bonchev–Trinajstić information content (AvgIpc) is 3.26. The van der Waals surface area contributed by atoms with Crippen LogP contribution in [0.15, 0.2) is 69.3 Å². The van der Waals surface area contributed by atoms with Crippen molar-refractivity contribution in [2.45, 2.75) is 31.3 Å². The molecular weight excluding hydrogens is 462 g/mol. The van der Waals surface area contributed by atoms with Crippen molar-refractivity contribution >= 4 is 26.7 Å². The summed E-state index contributed by atoms with van der Waals surface area (Å²) in [5.74, 6) is -0.154. The number of benzene rings is 2. The molecule has 0 unspecified atom stereocenters. The van der Waals surface area contributed by atoms with E-state index < -0.39 is 26.0 Å². The van der Waals surface area contributed by atoms with Gasteiger partial charge in [-0.25, -0.2) is 18.2 Å². The van der Waals surface area contributed by atoms with Gasteiger partial charge < -0.3 is 4.57 Å². The van der Waals surface area contributed by atoms with Crippen molar-refractivity contribution in [2.75, 3.05) is 5.75 Å². The number of H-pyrrole nitrogens is 1. The van der Waals surface area contributed by atoms with Crippen LogP contribution >= 0.6 is 0 Å². The topological polar surface area (TPSA) is 150 Å². The summed E-state index contributed by atoms with van der Waals surface area (Å²) < 4.78 is 28.2. The first-order valence-corrected chi connectivity index (χ1v) is 12.1. The summed E-state index contributed by atoms with van der Waals surface area (Å²) in [6.45, 7) is 2.60. The third-order valence-corrected chi connectivity index (χ3v) is 7.26. The highest BCUT2D eigenvalue weighted by Crippen LogP contribution is 2.18. The monoisotopic (exact) mass is 483 g/mol. The van der Waals surface area contributed by atoms with E-state index in [0.717, 1.165) is 11.1 Å². The second kappa shape index (κ2) is 9.06. The Morgan fingerprint density at radius 1 is 1.03 bits per heavy atom. The van der Waals surface area contributed by atoms with Gasteiger partial charge in [0, 0.05) is 18.7 Å². The highest BCUT2D eigenvalue weighted by Gasteiger charge is 2.17. The van der Waals surface area contributed by atoms with Crippen LogP contribution in [0.1, 0.15) is 18.1 Å². The lowest BCUT2D eigenvalue weighted by Crippen LogP contribution is -2.31. The molecular formula is C22H21N5O6S. The van der Waals surface area contributed by atoms with E-state index in [0.29, 0.717) is 17.7 Å². The number of non-ortho nitro benzene ring substituents is 1. The Hall–Kier alpha value is -4.06. The molecule has 2 aromatic heterocycles. The van der Waals surface area contributed by atoms with Gasteiger partial charge in [-0.3, -0.25) is 24.5 Å². The zero-order valence-corrected chi connectivity index (χ0v) is 19.0. The van der Waals surface area contributed by atoms with E-state index in [2.05, 4.69) is 9.97 Å². The maximum Gasteiger partial charge on any atom is 0.330 e. The minimum absolute atomic E-state index is 0.0303. The zero-order valence-electron chi connectivity index (χ0n) is 18.2. The highest BCUT2D eigenvalue weighted by atomic mass is 32.2. The lowest BCUT2D eigenvalue weighted by Gasteiger charge is -2.09. The molecule has 4 aromatic rings. The van der Waals surface area contributed by atoms with E-state index >= 15 is 0 Å². The third-order valence-electron chi connectivity index (χ3n) is 5.53. The van der Waals surface area contributed by atoms with Gasteiger partial charge >= 0.3 is 5.69 Å². The minimum atomic E-state index is -3.61. The van der Waals surface area contributed by atoms with Crippen molar-refractivity contribution in [2.24, 2.45) is 0 Å². The van der Waals surface area contributed by atoms with Crippen molar-refractivity contribution in [3.05, 3.63) is 96.9 Å². The second-order valence-corrected chi connectivity index (χ2v) is 9.79. The highest BCUT2D eigenvalue weighted by molar-refractivity contribution is 7.91. The van der Waals surface area contributed by atoms with Crippen LogP contribution in [0.5, 0.6) is 0 Å². The van der Waals surface area contributed by atoms with E-state index in [1.807, 2.05) is 6.92 Å². The number of rotatable bonds is 8. The molecule has 1 N–H and O–H groups in total. The van der Waals surface area contributed by atoms with Crippen LogP contribution in [0.3, 0.4) is 0 Å². The molecule has 0 saturated heterocycles. The number of hydrogen-bond acceptors (Lipinski definition) is 7. The van der Waals surface area contributed by atoms with E-state index in [9.17, 15) is 28.1 Å². The number of imidazole rings is 1. The van der Waals surface area contributed by atoms with Gasteiger partial charge in [0.25, 0.3) is 11.2 Å². The standard InChI is InChI=1S/C22H21N5O6S/c1-2-25-14-23-20-19(25)21(28)24-22(29)26(20)13-16-5-3-15(4-6-16)11-12-34(32,33)18-9-7-17(8-10-18)27(30)31/h3-10,14H,2,11-13H2,1H3,(H,24,28,29). The van der Waals surface area contributed by atoms with Crippen molar-refractivity contribution in [1.29, 1.82) is 0 Å². The number of nitro benzene ring substituents is 1. The second-order valence-electron chi connectivity index (χ2n) is 7.68. The quantitative estimate of drug-likeness (QED) is 0.297. The molecule has 34 heavy (non-hydrogen) atoms. The lowest BCUT2D eigenvalue weighted by molar-refractivity contribution is -0.384. The number of sulfone groups is 1. The van der Waals surface area contributed by atoms with E-state index in [1.54, 1.807) is 28.8 Å². The fourth-order valence-corrected chi connectivity index (χ4v) is 4.94. The molecule has 11 nitrogen and oxygen atoms in total. The Labute approximate surface area is 193 Å². The first kappa shape index (κ1) is 23.1. The van der Waals surface area contributed by atoms with Gasteiger partial charge in [0.2, 0.25) is 0 Å². The SMILES string of the molecule is CCn1cnc2c1c(=O)[nH]c(=O)n2Cc1ccc(CCS(=O)(=O)c2ccc([N+](=O)[O-])cc2)cc1. The van der Waals surface area contributed by atoms with Gasteiger partial charge in [-0.1, -0.05) is 24.3 Å². The minimum Gasteiger partial charge on any atom is -0.325 e. The maximum absolute atomic E-state index is 12.6. The number of aromatic nitrogens is 4. The fraction of sp³-hybridized carbons (Fsp3) is 0.227. The van der Waals surface area contributed by atoms with E-state index in [4.69, 9.17) is 0 Å². The largest absolute Gasteiger partial charge is 0.330 e. The zero-order chi connectivity index (χ0) is 24.5. The van der Waals surface area contributed by atoms with Gasteiger partial charge in [0.1, 0.15) is 0 Å². The van der Waals surface area contributed by atoms with Crippen molar-refractivity contribution in [3.63, 3.8) is 0 Å². The van der Waals surface area contributed by atoms with Crippen LogP contribution < -0.4 is 11.2 Å². The Bertz CT molecular complexity index is 1580. The molecule has 0 atom stereocenters. The number of aromatic amines is 1.